The van der Waals surface area contributed by atoms with Gasteiger partial charge >= 0.3 is 71.1 Å². The van der Waals surface area contributed by atoms with Crippen LogP contribution in [0.3, 0.4) is 0 Å². The number of hydrogen-bond donors (Lipinski definition) is 2. The maximum absolute atomic E-state index is 9.55. The van der Waals surface area contributed by atoms with E-state index >= 15 is 0 Å². The fraction of sp³-hybridized carbons (Fsp3) is 0. The fourth-order valence-corrected chi connectivity index (χ4v) is 0.143. The Bertz CT molecular complexity index is 283. The van der Waals surface area contributed by atoms with Crippen LogP contribution in [-0.4, -0.2) is 39.7 Å². The molecule has 0 saturated carbocycles. The summed E-state index contributed by atoms with van der Waals surface area (Å²) in [6, 6.07) is 0. The maximum Gasteiger partial charge on any atom is 1.00 e. The third-order valence-corrected chi connectivity index (χ3v) is 0.368. The molecule has 8 nitrogen and oxygen atoms in total. The monoisotopic (exact) mass is 258 g/mol. The molecule has 0 atom stereocenters. The van der Waals surface area contributed by atoms with Gasteiger partial charge in [0, 0.05) is 22.6 Å². The minimum absolute atomic E-state index is 0. The van der Waals surface area contributed by atoms with Gasteiger partial charge in [-0.15, -0.1) is 0 Å². The molecule has 0 aromatic heterocycles. The predicted octanol–water partition coefficient (Wildman–Crippen LogP) is -7.62. The van der Waals surface area contributed by atoms with Crippen LogP contribution >= 0.6 is 0 Å². The molecular weight excluding hydrogens is 254 g/mol. The van der Waals surface area contributed by atoms with E-state index in [1.165, 1.54) is 0 Å². The molecule has 0 fully saturated rings. The van der Waals surface area contributed by atoms with Crippen LogP contribution in [0, 0.1) is 0 Å². The van der Waals surface area contributed by atoms with E-state index in [-0.39, 0.29) is 59.1 Å². The molecule has 0 aromatic rings. The van der Waals surface area contributed by atoms with Gasteiger partial charge in [-0.1, -0.05) is 0 Å². The molecule has 0 amide bonds. The maximum atomic E-state index is 9.55. The Morgan fingerprint density at radius 3 is 1.13 bits per heavy atom. The van der Waals surface area contributed by atoms with E-state index in [4.69, 9.17) is 27.7 Å². The Morgan fingerprint density at radius 1 is 0.933 bits per heavy atom. The zero-order valence-corrected chi connectivity index (χ0v) is 12.7. The van der Waals surface area contributed by atoms with Crippen molar-refractivity contribution in [2.24, 2.45) is 0 Å². The van der Waals surface area contributed by atoms with Gasteiger partial charge in [0.1, 0.15) is 0 Å². The standard InChI is InChI=1S/C4H4O4.2Na.H2O4S/c5-3(6)1-2-4(7)8;;;1-5(2,3)4/h1-2H,(H,5,6)(H,7,8);;;(H2,1,2,3,4)/q;2*+1;/p-2. The molecule has 0 saturated heterocycles. The second-order valence-corrected chi connectivity index (χ2v) is 2.23. The molecule has 0 heterocycles. The zero-order valence-electron chi connectivity index (χ0n) is 7.91. The van der Waals surface area contributed by atoms with Crippen molar-refractivity contribution in [3.8, 4) is 0 Å². The number of hydrogen-bond acceptors (Lipinski definition) is 6. The number of carbonyl (C=O) groups is 2. The fourth-order valence-electron chi connectivity index (χ4n) is 0.143. The molecule has 0 rings (SSSR count). The minimum atomic E-state index is -5.17. The molecule has 2 N–H and O–H groups in total. The second kappa shape index (κ2) is 12.6. The van der Waals surface area contributed by atoms with Crippen molar-refractivity contribution in [2.75, 3.05) is 0 Å². The van der Waals surface area contributed by atoms with Crippen LogP contribution in [0.1, 0.15) is 0 Å². The molecule has 0 aliphatic carbocycles. The van der Waals surface area contributed by atoms with Gasteiger partial charge in [-0.3, -0.25) is 8.42 Å². The Balaban J connectivity index is -0.0000000770. The van der Waals surface area contributed by atoms with Gasteiger partial charge in [-0.05, 0) is 0 Å². The average molecular weight is 258 g/mol. The van der Waals surface area contributed by atoms with E-state index in [1.807, 2.05) is 0 Å². The minimum Gasteiger partial charge on any atom is -0.759 e. The van der Waals surface area contributed by atoms with Gasteiger partial charge < -0.3 is 19.3 Å². The van der Waals surface area contributed by atoms with Gasteiger partial charge in [0.15, 0.2) is 0 Å². The third kappa shape index (κ3) is 74.4. The molecule has 0 aliphatic heterocycles. The van der Waals surface area contributed by atoms with Crippen molar-refractivity contribution in [3.05, 3.63) is 12.2 Å². The van der Waals surface area contributed by atoms with E-state index in [2.05, 4.69) is 0 Å². The first-order valence-electron chi connectivity index (χ1n) is 2.43. The van der Waals surface area contributed by atoms with E-state index in [1.54, 1.807) is 0 Å². The molecule has 0 unspecified atom stereocenters. The van der Waals surface area contributed by atoms with Crippen LogP contribution in [0.5, 0.6) is 0 Å². The van der Waals surface area contributed by atoms with Crippen LogP contribution in [0.2, 0.25) is 0 Å². The molecule has 0 radical (unpaired) electrons. The Morgan fingerprint density at radius 2 is 1.07 bits per heavy atom. The first-order chi connectivity index (χ1) is 5.63. The molecule has 11 heteroatoms. The first-order valence-corrected chi connectivity index (χ1v) is 3.77. The van der Waals surface area contributed by atoms with Crippen LogP contribution in [-0.2, 0) is 20.0 Å². The van der Waals surface area contributed by atoms with Gasteiger partial charge in [-0.2, -0.15) is 0 Å². The van der Waals surface area contributed by atoms with Gasteiger partial charge in [0.25, 0.3) is 0 Å². The van der Waals surface area contributed by atoms with Crippen LogP contribution in [0.4, 0.5) is 0 Å². The number of rotatable bonds is 2. The van der Waals surface area contributed by atoms with Crippen molar-refractivity contribution in [3.63, 3.8) is 0 Å². The van der Waals surface area contributed by atoms with Crippen LogP contribution in [0.25, 0.3) is 0 Å². The Kier molecular flexibility index (Phi) is 20.8. The zero-order chi connectivity index (χ0) is 11.1. The quantitative estimate of drug-likeness (QED) is 0.214. The molecule has 0 bridgehead atoms. The van der Waals surface area contributed by atoms with Gasteiger partial charge in [0.2, 0.25) is 0 Å². The summed E-state index contributed by atoms with van der Waals surface area (Å²) < 4.78 is 34.1. The van der Waals surface area contributed by atoms with Crippen molar-refractivity contribution >= 4 is 22.3 Å². The van der Waals surface area contributed by atoms with E-state index in [0.29, 0.717) is 12.2 Å². The van der Waals surface area contributed by atoms with Crippen LogP contribution in [0.15, 0.2) is 12.2 Å². The van der Waals surface area contributed by atoms with Gasteiger partial charge in [0.05, 0.1) is 0 Å². The van der Waals surface area contributed by atoms with Crippen LogP contribution < -0.4 is 59.1 Å². The average Bonchev–Trinajstić information content (AvgIpc) is 1.79. The number of aliphatic carboxylic acids is 2. The van der Waals surface area contributed by atoms with E-state index in [9.17, 15) is 9.59 Å². The van der Waals surface area contributed by atoms with E-state index in [0.717, 1.165) is 0 Å². The number of carboxylic acid groups (broad SMARTS) is 2. The molecule has 0 aliphatic rings. The summed E-state index contributed by atoms with van der Waals surface area (Å²) in [5.41, 5.74) is 0. The van der Waals surface area contributed by atoms with Crippen molar-refractivity contribution in [1.29, 1.82) is 0 Å². The summed E-state index contributed by atoms with van der Waals surface area (Å²) in [5, 5.41) is 15.6. The van der Waals surface area contributed by atoms with Gasteiger partial charge in [-0.25, -0.2) is 9.59 Å². The summed E-state index contributed by atoms with van der Waals surface area (Å²) in [4.78, 5) is 19.1. The largest absolute Gasteiger partial charge is 1.00 e. The molecule has 76 valence electrons. The normalized spacial score (nSPS) is 8.93. The second-order valence-electron chi connectivity index (χ2n) is 1.42. The summed E-state index contributed by atoms with van der Waals surface area (Å²) in [5.74, 6) is -2.51. The summed E-state index contributed by atoms with van der Waals surface area (Å²) in [6.45, 7) is 0. The van der Waals surface area contributed by atoms with Crippen molar-refractivity contribution < 1.29 is 96.4 Å². The summed E-state index contributed by atoms with van der Waals surface area (Å²) in [7, 11) is -5.17. The SMILES string of the molecule is O=C(O)C=CC(=O)O.O=S(=O)([O-])[O-].[Na+].[Na+]. The summed E-state index contributed by atoms with van der Waals surface area (Å²) >= 11 is 0. The Labute approximate surface area is 130 Å². The molecular formula is C4H4Na2O8S. The van der Waals surface area contributed by atoms with E-state index < -0.39 is 22.3 Å². The smallest absolute Gasteiger partial charge is 0.759 e. The van der Waals surface area contributed by atoms with Crippen molar-refractivity contribution in [2.45, 2.75) is 0 Å². The topological polar surface area (TPSA) is 155 Å². The summed E-state index contributed by atoms with van der Waals surface area (Å²) in [6.07, 6.45) is 1.12. The molecule has 0 spiro atoms. The predicted molar refractivity (Wildman–Crippen MR) is 34.9 cm³/mol. The van der Waals surface area contributed by atoms with Crippen molar-refractivity contribution in [1.82, 2.24) is 0 Å². The first kappa shape index (κ1) is 24.7. The Hall–Kier alpha value is 0.550. The number of carboxylic acids is 2. The molecule has 15 heavy (non-hydrogen) atoms. The third-order valence-electron chi connectivity index (χ3n) is 0.368. The molecule has 0 aromatic carbocycles.